The first-order chi connectivity index (χ1) is 8.54. The molecule has 111 valence electrons. The van der Waals surface area contributed by atoms with E-state index in [2.05, 4.69) is 89.9 Å². The Morgan fingerprint density at radius 1 is 0.895 bits per heavy atom. The van der Waals surface area contributed by atoms with Crippen molar-refractivity contribution in [2.45, 2.75) is 30.4 Å². The fraction of sp³-hybridized carbons (Fsp3) is 0.733. The number of hydrogen-bond donors (Lipinski definition) is 0. The second-order valence-electron chi connectivity index (χ2n) is 7.35. The van der Waals surface area contributed by atoms with Gasteiger partial charge in [0, 0.05) is 0 Å². The normalized spacial score (nSPS) is 19.2. The van der Waals surface area contributed by atoms with Gasteiger partial charge in [0.15, 0.2) is 0 Å². The van der Waals surface area contributed by atoms with Crippen LogP contribution in [0.3, 0.4) is 0 Å². The van der Waals surface area contributed by atoms with Gasteiger partial charge in [0.1, 0.15) is 0 Å². The molecule has 0 amide bonds. The Hall–Kier alpha value is 0.230. The predicted molar refractivity (Wildman–Crippen MR) is 82.6 cm³/mol. The third kappa shape index (κ3) is 1.83. The minimum atomic E-state index is -3.83. The van der Waals surface area contributed by atoms with Gasteiger partial charge < -0.3 is 0 Å². The fourth-order valence-corrected chi connectivity index (χ4v) is 41.3. The zero-order chi connectivity index (χ0) is 15.1. The van der Waals surface area contributed by atoms with Gasteiger partial charge in [-0.25, -0.2) is 0 Å². The van der Waals surface area contributed by atoms with E-state index in [9.17, 15) is 0 Å². The van der Waals surface area contributed by atoms with E-state index in [-0.39, 0.29) is 3.17 Å². The maximum absolute atomic E-state index is 3.83. The molecule has 0 heterocycles. The molecule has 0 atom stereocenters. The van der Waals surface area contributed by atoms with Gasteiger partial charge in [-0.3, -0.25) is 0 Å². The first-order valence-corrected chi connectivity index (χ1v) is 15.5. The summed E-state index contributed by atoms with van der Waals surface area (Å²) in [6.45, 7) is 7.26. The topological polar surface area (TPSA) is 9.72 Å². The van der Waals surface area contributed by atoms with Crippen LogP contribution in [0.25, 0.3) is 0 Å². The summed E-state index contributed by atoms with van der Waals surface area (Å²) in [6, 6.07) is 0. The van der Waals surface area contributed by atoms with Gasteiger partial charge in [-0.15, -0.1) is 0 Å². The molecule has 1 aliphatic carbocycles. The van der Waals surface area contributed by atoms with E-state index in [4.69, 9.17) is 0 Å². The minimum absolute atomic E-state index is 0.228. The van der Waals surface area contributed by atoms with Gasteiger partial charge in [0.25, 0.3) is 0 Å². The average molecular weight is 433 g/mol. The summed E-state index contributed by atoms with van der Waals surface area (Å²) in [4.78, 5) is 0. The standard InChI is InChI=1S/C5H5.C4H9.3C2H6N.Hf/c1-2-4-5-3-1;1-4(2)3;3*1-3-2;/h1-3H,4H2;1-3H3;3*1-2H3;/q;;3*-1;+3. The molecule has 0 spiro atoms. The first kappa shape index (κ1) is 17.3. The van der Waals surface area contributed by atoms with E-state index in [1.165, 1.54) is 0 Å². The molecule has 1 aliphatic rings. The molecular formula is C15H32HfN3. The van der Waals surface area contributed by atoms with E-state index in [0.717, 1.165) is 6.42 Å². The molecule has 0 radical (unpaired) electrons. The van der Waals surface area contributed by atoms with Crippen LogP contribution in [-0.2, 0) is 19.4 Å². The molecule has 0 bridgehead atoms. The molecule has 4 heteroatoms. The maximum atomic E-state index is 2.58. The summed E-state index contributed by atoms with van der Waals surface area (Å²) in [7, 11) is 13.7. The van der Waals surface area contributed by atoms with Crippen molar-refractivity contribution in [3.8, 4) is 0 Å². The summed E-state index contributed by atoms with van der Waals surface area (Å²) in [6.07, 6.45) is 8.00. The molecule has 0 fully saturated rings. The summed E-state index contributed by atoms with van der Waals surface area (Å²) in [5.74, 6) is 0. The van der Waals surface area contributed by atoms with Crippen molar-refractivity contribution in [3.05, 3.63) is 21.6 Å². The zero-order valence-electron chi connectivity index (χ0n) is 14.3. The second-order valence-corrected chi connectivity index (χ2v) is 32.6. The molecule has 0 aliphatic heterocycles. The van der Waals surface area contributed by atoms with E-state index in [1.807, 2.05) is 0 Å². The van der Waals surface area contributed by atoms with Crippen LogP contribution in [0.5, 0.6) is 0 Å². The second kappa shape index (κ2) is 5.21. The molecule has 0 saturated carbocycles. The third-order valence-electron chi connectivity index (χ3n) is 5.29. The SMILES string of the molecule is C[N](C)[Hf]([C]1=CC=CC1)([N](C)C)([N](C)C)[C](C)(C)C. The van der Waals surface area contributed by atoms with Crippen molar-refractivity contribution in [1.82, 2.24) is 8.66 Å². The monoisotopic (exact) mass is 434 g/mol. The Morgan fingerprint density at radius 3 is 1.53 bits per heavy atom. The molecule has 3 nitrogen and oxygen atoms in total. The molecule has 0 saturated heterocycles. The van der Waals surface area contributed by atoms with Crippen LogP contribution in [0.15, 0.2) is 21.6 Å². The fourth-order valence-electron chi connectivity index (χ4n) is 5.34. The van der Waals surface area contributed by atoms with Crippen molar-refractivity contribution in [1.29, 1.82) is 0 Å². The molecule has 0 unspecified atom stereocenters. The quantitative estimate of drug-likeness (QED) is 0.632. The molecule has 0 N–H and O–H groups in total. The third-order valence-corrected chi connectivity index (χ3v) is 39.1. The summed E-state index contributed by atoms with van der Waals surface area (Å²) in [5, 5.41) is 0. The summed E-state index contributed by atoms with van der Waals surface area (Å²) < 4.78 is 9.61. The number of nitrogens with zero attached hydrogens (tertiary/aromatic N) is 3. The van der Waals surface area contributed by atoms with Crippen molar-refractivity contribution >= 4 is 0 Å². The van der Waals surface area contributed by atoms with Crippen molar-refractivity contribution < 1.29 is 19.4 Å². The molecule has 1 rings (SSSR count). The van der Waals surface area contributed by atoms with Gasteiger partial charge in [-0.1, -0.05) is 0 Å². The number of allylic oxidation sites excluding steroid dienone is 4. The van der Waals surface area contributed by atoms with Gasteiger partial charge in [0.05, 0.1) is 0 Å². The number of hydrogen-bond acceptors (Lipinski definition) is 3. The average Bonchev–Trinajstić information content (AvgIpc) is 2.68. The van der Waals surface area contributed by atoms with Crippen molar-refractivity contribution in [3.63, 3.8) is 0 Å². The Balaban J connectivity index is 3.80. The Bertz CT molecular complexity index is 376. The Morgan fingerprint density at radius 2 is 1.32 bits per heavy atom. The Labute approximate surface area is 122 Å². The molecular weight excluding hydrogens is 401 g/mol. The summed E-state index contributed by atoms with van der Waals surface area (Å²) in [5.41, 5.74) is 0. The van der Waals surface area contributed by atoms with Gasteiger partial charge in [-0.05, 0) is 0 Å². The summed E-state index contributed by atoms with van der Waals surface area (Å²) >= 11 is -3.83. The van der Waals surface area contributed by atoms with Crippen LogP contribution < -0.4 is 0 Å². The van der Waals surface area contributed by atoms with E-state index in [0.29, 0.717) is 0 Å². The Kier molecular flexibility index (Phi) is 4.74. The van der Waals surface area contributed by atoms with Crippen LogP contribution >= 0.6 is 0 Å². The van der Waals surface area contributed by atoms with E-state index in [1.54, 1.807) is 3.33 Å². The van der Waals surface area contributed by atoms with Crippen molar-refractivity contribution in [2.75, 3.05) is 42.3 Å². The van der Waals surface area contributed by atoms with E-state index >= 15 is 0 Å². The predicted octanol–water partition coefficient (Wildman–Crippen LogP) is 3.17. The van der Waals surface area contributed by atoms with Crippen LogP contribution in [0.4, 0.5) is 0 Å². The van der Waals surface area contributed by atoms with Crippen molar-refractivity contribution in [2.24, 2.45) is 0 Å². The van der Waals surface area contributed by atoms with Gasteiger partial charge in [-0.2, -0.15) is 0 Å². The molecule has 0 aromatic heterocycles. The van der Waals surface area contributed by atoms with Crippen LogP contribution in [0, 0.1) is 0 Å². The van der Waals surface area contributed by atoms with E-state index < -0.39 is 19.4 Å². The van der Waals surface area contributed by atoms with Crippen LogP contribution in [0.1, 0.15) is 27.2 Å². The van der Waals surface area contributed by atoms with Gasteiger partial charge in [0.2, 0.25) is 0 Å². The first-order valence-electron chi connectivity index (χ1n) is 7.07. The van der Waals surface area contributed by atoms with Crippen LogP contribution in [-0.4, -0.2) is 50.9 Å². The van der Waals surface area contributed by atoms with Crippen LogP contribution in [0.2, 0.25) is 3.17 Å². The number of rotatable bonds is 4. The van der Waals surface area contributed by atoms with Gasteiger partial charge >= 0.3 is 122 Å². The zero-order valence-corrected chi connectivity index (χ0v) is 17.9. The molecule has 19 heavy (non-hydrogen) atoms. The molecule has 0 aromatic rings. The molecule has 0 aromatic carbocycles.